The van der Waals surface area contributed by atoms with Crippen molar-refractivity contribution in [2.75, 3.05) is 5.32 Å². The Morgan fingerprint density at radius 1 is 1.00 bits per heavy atom. The number of furan rings is 1. The van der Waals surface area contributed by atoms with E-state index in [1.807, 2.05) is 6.92 Å². The van der Waals surface area contributed by atoms with E-state index in [4.69, 9.17) is 4.42 Å². The molecule has 39 heavy (non-hydrogen) atoms. The topological polar surface area (TPSA) is 146 Å². The Bertz CT molecular complexity index is 1670. The van der Waals surface area contributed by atoms with E-state index in [0.29, 0.717) is 28.6 Å². The molecular formula is C29H28N2O7S. The van der Waals surface area contributed by atoms with E-state index in [1.165, 1.54) is 19.1 Å². The summed E-state index contributed by atoms with van der Waals surface area (Å²) in [6, 6.07) is 15.0. The van der Waals surface area contributed by atoms with Crippen molar-refractivity contribution < 1.29 is 32.6 Å². The molecule has 4 rings (SSSR count). The van der Waals surface area contributed by atoms with Crippen LogP contribution in [0.15, 0.2) is 82.1 Å². The number of nitrogens with one attached hydrogen (secondary N) is 2. The molecule has 4 N–H and O–H groups in total. The molecule has 4 aromatic rings. The molecule has 3 aromatic carbocycles. The summed E-state index contributed by atoms with van der Waals surface area (Å²) >= 11 is 0. The van der Waals surface area contributed by atoms with Gasteiger partial charge in [-0.05, 0) is 67.3 Å². The molecule has 1 amide bonds. The second-order valence-corrected chi connectivity index (χ2v) is 10.9. The van der Waals surface area contributed by atoms with Crippen LogP contribution >= 0.6 is 0 Å². The third-order valence-electron chi connectivity index (χ3n) is 6.39. The molecule has 0 saturated carbocycles. The Balaban J connectivity index is 1.49. The molecule has 0 aliphatic carbocycles. The fourth-order valence-corrected chi connectivity index (χ4v) is 5.45. The summed E-state index contributed by atoms with van der Waals surface area (Å²) in [4.78, 5) is 24.2. The zero-order valence-corrected chi connectivity index (χ0v) is 22.4. The number of aromatic hydroxyl groups is 1. The molecule has 0 aliphatic heterocycles. The van der Waals surface area contributed by atoms with Crippen LogP contribution in [0.25, 0.3) is 22.1 Å². The van der Waals surface area contributed by atoms with E-state index in [1.54, 1.807) is 55.5 Å². The van der Waals surface area contributed by atoms with Crippen molar-refractivity contribution in [3.63, 3.8) is 0 Å². The lowest BCUT2D eigenvalue weighted by molar-refractivity contribution is -0.137. The van der Waals surface area contributed by atoms with Crippen molar-refractivity contribution in [3.8, 4) is 16.9 Å². The highest BCUT2D eigenvalue weighted by Gasteiger charge is 2.26. The van der Waals surface area contributed by atoms with Crippen LogP contribution in [0.3, 0.4) is 0 Å². The van der Waals surface area contributed by atoms with Gasteiger partial charge in [0, 0.05) is 11.3 Å². The highest BCUT2D eigenvalue weighted by molar-refractivity contribution is 7.89. The first-order valence-electron chi connectivity index (χ1n) is 12.1. The van der Waals surface area contributed by atoms with Crippen LogP contribution in [0.5, 0.6) is 5.75 Å². The number of hydrogen-bond acceptors (Lipinski definition) is 6. The Kier molecular flexibility index (Phi) is 7.62. The molecule has 10 heteroatoms. The minimum Gasteiger partial charge on any atom is -0.507 e. The number of carboxylic acid groups (broad SMARTS) is 1. The van der Waals surface area contributed by atoms with Gasteiger partial charge in [0.25, 0.3) is 5.91 Å². The Morgan fingerprint density at radius 3 is 2.13 bits per heavy atom. The molecular weight excluding hydrogens is 520 g/mol. The van der Waals surface area contributed by atoms with Crippen LogP contribution in [0.1, 0.15) is 35.5 Å². The van der Waals surface area contributed by atoms with Crippen molar-refractivity contribution in [2.45, 2.75) is 38.1 Å². The van der Waals surface area contributed by atoms with Crippen molar-refractivity contribution in [3.05, 3.63) is 89.7 Å². The molecule has 0 spiro atoms. The zero-order chi connectivity index (χ0) is 28.5. The number of amides is 1. The number of carbonyl (C=O) groups is 2. The summed E-state index contributed by atoms with van der Waals surface area (Å²) in [6.07, 6.45) is 0.649. The largest absolute Gasteiger partial charge is 0.507 e. The van der Waals surface area contributed by atoms with Crippen molar-refractivity contribution in [1.82, 2.24) is 4.72 Å². The number of rotatable bonds is 9. The van der Waals surface area contributed by atoms with Gasteiger partial charge in [0.05, 0.1) is 10.3 Å². The maximum Gasteiger partial charge on any atom is 0.325 e. The third-order valence-corrected chi connectivity index (χ3v) is 7.83. The van der Waals surface area contributed by atoms with Crippen LogP contribution in [-0.4, -0.2) is 36.5 Å². The molecule has 202 valence electrons. The van der Waals surface area contributed by atoms with Crippen LogP contribution in [-0.2, 0) is 21.2 Å². The standard InChI is InChI=1S/C29H28N2O7S/c1-5-18-10-15-23-24(26(18)32)17(4)27(38-23)28(33)30-21-11-6-19(7-12-21)20-8-13-22(14-9-20)39(36,37)31-25(16(2)3)29(34)35/h6-15,25,31-32H,2,5H2,1,3-4H3,(H,30,33)(H,34,35)/t25-/m0/s1. The number of carboxylic acids is 1. The highest BCUT2D eigenvalue weighted by atomic mass is 32.2. The summed E-state index contributed by atoms with van der Waals surface area (Å²) in [5, 5.41) is 23.1. The van der Waals surface area contributed by atoms with Crippen molar-refractivity contribution >= 4 is 38.6 Å². The van der Waals surface area contributed by atoms with E-state index in [-0.39, 0.29) is 22.0 Å². The molecule has 0 radical (unpaired) electrons. The fourth-order valence-electron chi connectivity index (χ4n) is 4.21. The Hall–Kier alpha value is -4.41. The smallest absolute Gasteiger partial charge is 0.325 e. The van der Waals surface area contributed by atoms with E-state index < -0.39 is 27.9 Å². The lowest BCUT2D eigenvalue weighted by atomic mass is 10.0. The van der Waals surface area contributed by atoms with Gasteiger partial charge < -0.3 is 19.9 Å². The molecule has 1 aromatic heterocycles. The van der Waals surface area contributed by atoms with Gasteiger partial charge in [-0.25, -0.2) is 8.42 Å². The number of anilines is 1. The molecule has 9 nitrogen and oxygen atoms in total. The van der Waals surface area contributed by atoms with Crippen LogP contribution in [0.4, 0.5) is 5.69 Å². The summed E-state index contributed by atoms with van der Waals surface area (Å²) < 4.78 is 33.1. The maximum atomic E-state index is 12.9. The normalized spacial score (nSPS) is 12.3. The SMILES string of the molecule is C=C(C)[C@H](NS(=O)(=O)c1ccc(-c2ccc(NC(=O)c3oc4ccc(CC)c(O)c4c3C)cc2)cc1)C(=O)O. The summed E-state index contributed by atoms with van der Waals surface area (Å²) in [6.45, 7) is 8.61. The van der Waals surface area contributed by atoms with Crippen LogP contribution < -0.4 is 10.0 Å². The van der Waals surface area contributed by atoms with Crippen molar-refractivity contribution in [1.29, 1.82) is 0 Å². The molecule has 1 atom stereocenters. The minimum absolute atomic E-state index is 0.0825. The van der Waals surface area contributed by atoms with E-state index in [9.17, 15) is 28.2 Å². The molecule has 0 saturated heterocycles. The fraction of sp³-hybridized carbons (Fsp3) is 0.172. The maximum absolute atomic E-state index is 12.9. The first-order chi connectivity index (χ1) is 18.4. The van der Waals surface area contributed by atoms with E-state index in [2.05, 4.69) is 16.6 Å². The number of aliphatic carboxylic acids is 1. The van der Waals surface area contributed by atoms with Gasteiger partial charge in [0.1, 0.15) is 17.4 Å². The predicted molar refractivity (Wildman–Crippen MR) is 148 cm³/mol. The summed E-state index contributed by atoms with van der Waals surface area (Å²) in [7, 11) is -4.08. The number of aryl methyl sites for hydroxylation is 2. The van der Waals surface area contributed by atoms with Crippen LogP contribution in [0.2, 0.25) is 0 Å². The van der Waals surface area contributed by atoms with Gasteiger partial charge in [0.2, 0.25) is 10.0 Å². The van der Waals surface area contributed by atoms with Gasteiger partial charge >= 0.3 is 5.97 Å². The highest BCUT2D eigenvalue weighted by Crippen LogP contribution is 2.35. The molecule has 0 fully saturated rings. The quantitative estimate of drug-likeness (QED) is 0.209. The van der Waals surface area contributed by atoms with E-state index in [0.717, 1.165) is 16.7 Å². The summed E-state index contributed by atoms with van der Waals surface area (Å²) in [5.74, 6) is -1.56. The van der Waals surface area contributed by atoms with Gasteiger partial charge in [-0.15, -0.1) is 0 Å². The second-order valence-electron chi connectivity index (χ2n) is 9.15. The van der Waals surface area contributed by atoms with Gasteiger partial charge in [-0.3, -0.25) is 9.59 Å². The lowest BCUT2D eigenvalue weighted by Crippen LogP contribution is -2.41. The van der Waals surface area contributed by atoms with Crippen molar-refractivity contribution in [2.24, 2.45) is 0 Å². The number of benzene rings is 3. The minimum atomic E-state index is -4.08. The number of hydrogen-bond donors (Lipinski definition) is 4. The first kappa shape index (κ1) is 27.6. The Morgan fingerprint density at radius 2 is 1.59 bits per heavy atom. The molecule has 1 heterocycles. The first-order valence-corrected chi connectivity index (χ1v) is 13.6. The lowest BCUT2D eigenvalue weighted by Gasteiger charge is -2.15. The molecule has 0 aliphatic rings. The Labute approximate surface area is 225 Å². The predicted octanol–water partition coefficient (Wildman–Crippen LogP) is 5.24. The summed E-state index contributed by atoms with van der Waals surface area (Å²) in [5.41, 5.74) is 3.92. The van der Waals surface area contributed by atoms with Gasteiger partial charge in [0.15, 0.2) is 5.76 Å². The number of fused-ring (bicyclic) bond motifs is 1. The molecule has 0 unspecified atom stereocenters. The van der Waals surface area contributed by atoms with Gasteiger partial charge in [-0.2, -0.15) is 4.72 Å². The number of phenols is 1. The van der Waals surface area contributed by atoms with Crippen LogP contribution in [0, 0.1) is 6.92 Å². The third kappa shape index (κ3) is 5.57. The molecule has 0 bridgehead atoms. The number of sulfonamides is 1. The van der Waals surface area contributed by atoms with E-state index >= 15 is 0 Å². The monoisotopic (exact) mass is 548 g/mol. The second kappa shape index (κ2) is 10.8. The average molecular weight is 549 g/mol. The number of phenolic OH excluding ortho intramolecular Hbond substituents is 1. The average Bonchev–Trinajstić information content (AvgIpc) is 3.25. The zero-order valence-electron chi connectivity index (χ0n) is 21.6. The van der Waals surface area contributed by atoms with Gasteiger partial charge in [-0.1, -0.05) is 49.4 Å². The number of carbonyl (C=O) groups excluding carboxylic acids is 1.